The molecule has 148 valence electrons. The van der Waals surface area contributed by atoms with E-state index in [0.717, 1.165) is 13.0 Å². The van der Waals surface area contributed by atoms with Crippen molar-refractivity contribution >= 4 is 11.1 Å². The summed E-state index contributed by atoms with van der Waals surface area (Å²) >= 11 is 0. The number of halogens is 2. The Hall–Kier alpha value is -3.30. The molecule has 8 nitrogen and oxygen atoms in total. The lowest BCUT2D eigenvalue weighted by Gasteiger charge is -2.12. The summed E-state index contributed by atoms with van der Waals surface area (Å²) in [6, 6.07) is 3.43. The first kappa shape index (κ1) is 19.5. The topological polar surface area (TPSA) is 107 Å². The number of aryl methyl sites for hydroxylation is 1. The molecule has 1 N–H and O–H groups in total. The summed E-state index contributed by atoms with van der Waals surface area (Å²) in [5.41, 5.74) is -0.936. The summed E-state index contributed by atoms with van der Waals surface area (Å²) in [5, 5.41) is 0.187. The highest BCUT2D eigenvalue weighted by molar-refractivity contribution is 5.75. The van der Waals surface area contributed by atoms with Crippen molar-refractivity contribution in [1.29, 1.82) is 0 Å². The van der Waals surface area contributed by atoms with Gasteiger partial charge in [0.15, 0.2) is 0 Å². The Balaban J connectivity index is 1.68. The normalized spacial score (nSPS) is 11.6. The predicted octanol–water partition coefficient (Wildman–Crippen LogP) is 2.40. The van der Waals surface area contributed by atoms with Crippen molar-refractivity contribution in [3.05, 3.63) is 56.3 Å². The van der Waals surface area contributed by atoms with Crippen LogP contribution in [0.3, 0.4) is 0 Å². The largest absolute Gasteiger partial charge is 0.474 e. The number of hydrogen-bond acceptors (Lipinski definition) is 7. The zero-order valence-corrected chi connectivity index (χ0v) is 15.1. The molecule has 0 aliphatic rings. The number of hydrogen-bond donors (Lipinski definition) is 1. The maximum atomic E-state index is 13.3. The second kappa shape index (κ2) is 7.75. The third-order valence-electron chi connectivity index (χ3n) is 3.87. The van der Waals surface area contributed by atoms with Crippen molar-refractivity contribution in [3.63, 3.8) is 0 Å². The number of H-pyrrole nitrogens is 1. The van der Waals surface area contributed by atoms with Crippen LogP contribution in [-0.2, 0) is 12.3 Å². The fraction of sp³-hybridized carbons (Fsp3) is 0.333. The molecule has 0 atom stereocenters. The van der Waals surface area contributed by atoms with Crippen LogP contribution >= 0.6 is 0 Å². The van der Waals surface area contributed by atoms with E-state index < -0.39 is 17.1 Å². The van der Waals surface area contributed by atoms with Gasteiger partial charge in [-0.3, -0.25) is 9.78 Å². The molecule has 3 aromatic heterocycles. The summed E-state index contributed by atoms with van der Waals surface area (Å²) in [6.07, 6.45) is 1.68. The van der Waals surface area contributed by atoms with E-state index in [4.69, 9.17) is 13.9 Å². The van der Waals surface area contributed by atoms with Gasteiger partial charge in [-0.15, -0.1) is 0 Å². The Morgan fingerprint density at radius 2 is 1.96 bits per heavy atom. The van der Waals surface area contributed by atoms with Crippen molar-refractivity contribution < 1.29 is 22.7 Å². The minimum atomic E-state index is -3.01. The summed E-state index contributed by atoms with van der Waals surface area (Å²) in [4.78, 5) is 34.1. The summed E-state index contributed by atoms with van der Waals surface area (Å²) in [7, 11) is 0. The van der Waals surface area contributed by atoms with E-state index in [9.17, 15) is 18.4 Å². The first-order valence-electron chi connectivity index (χ1n) is 8.45. The molecule has 10 heteroatoms. The van der Waals surface area contributed by atoms with Gasteiger partial charge in [-0.25, -0.2) is 18.6 Å². The van der Waals surface area contributed by atoms with Crippen molar-refractivity contribution in [1.82, 2.24) is 15.0 Å². The minimum Gasteiger partial charge on any atom is -0.474 e. The molecular weight excluding hydrogens is 376 g/mol. The monoisotopic (exact) mass is 393 g/mol. The second-order valence-corrected chi connectivity index (χ2v) is 5.96. The molecule has 3 rings (SSSR count). The number of pyridine rings is 1. The minimum absolute atomic E-state index is 0.0150. The standard InChI is InChI=1S/C18H17F2N3O5/c1-3-10-8-13(24)28-16-14(10)15(25)22-17(23-16)27-7-6-26-12-9-11(4-5-21-12)18(2,19)20/h4-5,8-9H,3,6-7H2,1-2H3,(H,22,23,25). The lowest BCUT2D eigenvalue weighted by Crippen LogP contribution is -2.17. The highest BCUT2D eigenvalue weighted by atomic mass is 19.3. The summed E-state index contributed by atoms with van der Waals surface area (Å²) in [5.74, 6) is -2.99. The number of nitrogens with zero attached hydrogens (tertiary/aromatic N) is 2. The predicted molar refractivity (Wildman–Crippen MR) is 95.1 cm³/mol. The summed E-state index contributed by atoms with van der Waals surface area (Å²) in [6.45, 7) is 2.49. The van der Waals surface area contributed by atoms with E-state index in [0.29, 0.717) is 12.0 Å². The molecule has 0 saturated carbocycles. The second-order valence-electron chi connectivity index (χ2n) is 5.96. The average Bonchev–Trinajstić information content (AvgIpc) is 2.63. The molecule has 0 bridgehead atoms. The first-order valence-corrected chi connectivity index (χ1v) is 8.45. The van der Waals surface area contributed by atoms with Crippen LogP contribution in [0.15, 0.2) is 38.4 Å². The van der Waals surface area contributed by atoms with Gasteiger partial charge in [0, 0.05) is 30.8 Å². The van der Waals surface area contributed by atoms with E-state index in [-0.39, 0.29) is 41.8 Å². The van der Waals surface area contributed by atoms with Crippen LogP contribution in [0.5, 0.6) is 11.9 Å². The molecule has 3 aromatic rings. The van der Waals surface area contributed by atoms with Crippen LogP contribution in [0.25, 0.3) is 11.1 Å². The molecule has 0 radical (unpaired) electrons. The van der Waals surface area contributed by atoms with Gasteiger partial charge in [0.1, 0.15) is 18.6 Å². The molecule has 0 spiro atoms. The van der Waals surface area contributed by atoms with Gasteiger partial charge in [-0.1, -0.05) is 6.92 Å². The molecule has 0 fully saturated rings. The molecule has 0 aromatic carbocycles. The van der Waals surface area contributed by atoms with Crippen LogP contribution in [-0.4, -0.2) is 28.2 Å². The molecule has 0 amide bonds. The van der Waals surface area contributed by atoms with E-state index in [1.54, 1.807) is 6.92 Å². The molecule has 0 aliphatic heterocycles. The van der Waals surface area contributed by atoms with Crippen molar-refractivity contribution in [2.75, 3.05) is 13.2 Å². The molecule has 3 heterocycles. The number of aromatic amines is 1. The zero-order valence-electron chi connectivity index (χ0n) is 15.1. The molecule has 0 unspecified atom stereocenters. The van der Waals surface area contributed by atoms with E-state index in [1.807, 2.05) is 0 Å². The van der Waals surface area contributed by atoms with Crippen molar-refractivity contribution in [2.24, 2.45) is 0 Å². The maximum Gasteiger partial charge on any atom is 0.337 e. The molecule has 28 heavy (non-hydrogen) atoms. The Morgan fingerprint density at radius 1 is 1.21 bits per heavy atom. The van der Waals surface area contributed by atoms with Gasteiger partial charge in [-0.05, 0) is 18.1 Å². The van der Waals surface area contributed by atoms with Crippen LogP contribution in [0, 0.1) is 0 Å². The van der Waals surface area contributed by atoms with E-state index >= 15 is 0 Å². The average molecular weight is 393 g/mol. The lowest BCUT2D eigenvalue weighted by atomic mass is 10.1. The van der Waals surface area contributed by atoms with Gasteiger partial charge in [0.2, 0.25) is 11.6 Å². The van der Waals surface area contributed by atoms with Gasteiger partial charge < -0.3 is 13.9 Å². The lowest BCUT2D eigenvalue weighted by molar-refractivity contribution is 0.0170. The molecule has 0 saturated heterocycles. The van der Waals surface area contributed by atoms with E-state index in [2.05, 4.69) is 15.0 Å². The SMILES string of the molecule is CCc1cc(=O)oc2nc(OCCOc3cc(C(C)(F)F)ccn3)[nH]c(=O)c12. The number of alkyl halides is 2. The van der Waals surface area contributed by atoms with Gasteiger partial charge >= 0.3 is 5.63 Å². The third-order valence-corrected chi connectivity index (χ3v) is 3.87. The smallest absolute Gasteiger partial charge is 0.337 e. The number of aromatic nitrogens is 3. The number of fused-ring (bicyclic) bond motifs is 1. The zero-order chi connectivity index (χ0) is 20.3. The van der Waals surface area contributed by atoms with Gasteiger partial charge in [-0.2, -0.15) is 4.98 Å². The quantitative estimate of drug-likeness (QED) is 0.614. The highest BCUT2D eigenvalue weighted by Gasteiger charge is 2.24. The van der Waals surface area contributed by atoms with Crippen LogP contribution in [0.1, 0.15) is 25.0 Å². The Morgan fingerprint density at radius 3 is 2.68 bits per heavy atom. The van der Waals surface area contributed by atoms with Crippen LogP contribution in [0.4, 0.5) is 8.78 Å². The summed E-state index contributed by atoms with van der Waals surface area (Å²) < 4.78 is 42.2. The maximum absolute atomic E-state index is 13.3. The Kier molecular flexibility index (Phi) is 5.39. The van der Waals surface area contributed by atoms with E-state index in [1.165, 1.54) is 18.3 Å². The van der Waals surface area contributed by atoms with Crippen molar-refractivity contribution in [2.45, 2.75) is 26.2 Å². The van der Waals surface area contributed by atoms with Gasteiger partial charge in [0.05, 0.1) is 0 Å². The highest BCUT2D eigenvalue weighted by Crippen LogP contribution is 2.28. The van der Waals surface area contributed by atoms with Crippen LogP contribution < -0.4 is 20.7 Å². The Bertz CT molecular complexity index is 1100. The first-order chi connectivity index (χ1) is 13.3. The Labute approximate surface area is 157 Å². The van der Waals surface area contributed by atoms with Crippen molar-refractivity contribution in [3.8, 4) is 11.9 Å². The number of ether oxygens (including phenoxy) is 2. The fourth-order valence-corrected chi connectivity index (χ4v) is 2.52. The van der Waals surface area contributed by atoms with Gasteiger partial charge in [0.25, 0.3) is 17.5 Å². The molecular formula is C18H17F2N3O5. The molecule has 0 aliphatic carbocycles. The van der Waals surface area contributed by atoms with Crippen LogP contribution in [0.2, 0.25) is 0 Å². The number of nitrogens with one attached hydrogen (secondary N) is 1. The third kappa shape index (κ3) is 4.33. The fourth-order valence-electron chi connectivity index (χ4n) is 2.52. The number of rotatable bonds is 7.